The number of nitrogens with one attached hydrogen (secondary N) is 1. The summed E-state index contributed by atoms with van der Waals surface area (Å²) in [5.74, 6) is -0.122. The predicted octanol–water partition coefficient (Wildman–Crippen LogP) is 6.38. The average molecular weight is 494 g/mol. The maximum atomic E-state index is 14.3. The molecule has 6 nitrogen and oxygen atoms in total. The number of allylic oxidation sites excluding steroid dienone is 2. The van der Waals surface area contributed by atoms with Crippen molar-refractivity contribution < 1.29 is 4.79 Å². The van der Waals surface area contributed by atoms with Gasteiger partial charge >= 0.3 is 0 Å². The van der Waals surface area contributed by atoms with Crippen LogP contribution in [0.5, 0.6) is 0 Å². The fraction of sp³-hybridized carbons (Fsp3) is 0.0625. The molecule has 0 saturated heterocycles. The van der Waals surface area contributed by atoms with Gasteiger partial charge in [0, 0.05) is 53.0 Å². The van der Waals surface area contributed by atoms with E-state index in [2.05, 4.69) is 27.3 Å². The summed E-state index contributed by atoms with van der Waals surface area (Å²) >= 11 is 0. The quantitative estimate of drug-likeness (QED) is 0.302. The van der Waals surface area contributed by atoms with Crippen LogP contribution in [0.4, 0.5) is 0 Å². The summed E-state index contributed by atoms with van der Waals surface area (Å²) in [7, 11) is 0. The Hall–Kier alpha value is -5.10. The molecule has 6 heteroatoms. The van der Waals surface area contributed by atoms with Crippen molar-refractivity contribution in [1.29, 1.82) is 0 Å². The molecule has 1 N–H and O–H groups in total. The number of carbonyl (C=O) groups excluding carboxylic acids is 1. The van der Waals surface area contributed by atoms with E-state index in [0.717, 1.165) is 55.8 Å². The van der Waals surface area contributed by atoms with Gasteiger partial charge in [0.2, 0.25) is 0 Å². The minimum absolute atomic E-state index is 0.122. The molecule has 0 radical (unpaired) electrons. The Bertz CT molecular complexity index is 1820. The van der Waals surface area contributed by atoms with Gasteiger partial charge in [-0.1, -0.05) is 72.8 Å². The molecule has 0 atom stereocenters. The van der Waals surface area contributed by atoms with Gasteiger partial charge in [-0.15, -0.1) is 0 Å². The van der Waals surface area contributed by atoms with Crippen LogP contribution in [-0.2, 0) is 12.8 Å². The summed E-state index contributed by atoms with van der Waals surface area (Å²) in [6.07, 6.45) is 4.71. The summed E-state index contributed by atoms with van der Waals surface area (Å²) in [5, 5.41) is 13.2. The largest absolute Gasteiger partial charge is 0.282 e. The molecular formula is C32H23N5O. The van der Waals surface area contributed by atoms with Crippen LogP contribution < -0.4 is 0 Å². The number of benzene rings is 3. The molecule has 0 amide bonds. The molecule has 1 aliphatic heterocycles. The third-order valence-corrected chi connectivity index (χ3v) is 7.09. The van der Waals surface area contributed by atoms with Gasteiger partial charge < -0.3 is 0 Å². The van der Waals surface area contributed by atoms with E-state index >= 15 is 0 Å². The first-order chi connectivity index (χ1) is 18.8. The van der Waals surface area contributed by atoms with E-state index in [-0.39, 0.29) is 5.91 Å². The molecule has 182 valence electrons. The maximum Gasteiger partial charge on any atom is 0.279 e. The highest BCUT2D eigenvalue weighted by Gasteiger charge is 2.33. The monoisotopic (exact) mass is 493 g/mol. The number of H-pyrrole nitrogens is 1. The van der Waals surface area contributed by atoms with E-state index in [9.17, 15) is 4.79 Å². The van der Waals surface area contributed by atoms with Crippen LogP contribution in [0.15, 0.2) is 115 Å². The molecule has 4 heterocycles. The second-order valence-electron chi connectivity index (χ2n) is 9.44. The Kier molecular flexibility index (Phi) is 5.29. The van der Waals surface area contributed by atoms with Gasteiger partial charge in [-0.2, -0.15) is 14.9 Å². The van der Waals surface area contributed by atoms with Crippen LogP contribution >= 0.6 is 0 Å². The molecule has 0 aliphatic carbocycles. The van der Waals surface area contributed by atoms with E-state index < -0.39 is 0 Å². The first-order valence-corrected chi connectivity index (χ1v) is 12.6. The standard InChI is InChI=1S/C32H23N5O/c38-32-29(24-13-14-27-23(18-24)12-7-16-33-27)25(19-26-15-17-34-35-26)20-28-30(21-8-3-1-4-9-21)31(36-37(28)32)22-10-5-2-6-11-22/h1-18H,19-20H2,(H,34,35). The van der Waals surface area contributed by atoms with Crippen molar-refractivity contribution in [3.63, 3.8) is 0 Å². The molecule has 3 aromatic heterocycles. The van der Waals surface area contributed by atoms with Gasteiger partial charge in [-0.25, -0.2) is 0 Å². The zero-order chi connectivity index (χ0) is 25.5. The minimum Gasteiger partial charge on any atom is -0.282 e. The predicted molar refractivity (Wildman–Crippen MR) is 148 cm³/mol. The second kappa shape index (κ2) is 9.09. The van der Waals surface area contributed by atoms with Crippen LogP contribution in [0.2, 0.25) is 0 Å². The van der Waals surface area contributed by atoms with Crippen LogP contribution in [0.1, 0.15) is 21.7 Å². The van der Waals surface area contributed by atoms with Crippen LogP contribution in [0.25, 0.3) is 38.9 Å². The van der Waals surface area contributed by atoms with Crippen molar-refractivity contribution in [2.45, 2.75) is 12.8 Å². The van der Waals surface area contributed by atoms with Gasteiger partial charge in [0.1, 0.15) is 5.69 Å². The number of aromatic nitrogens is 5. The van der Waals surface area contributed by atoms with Gasteiger partial charge in [-0.3, -0.25) is 14.9 Å². The molecule has 0 unspecified atom stereocenters. The van der Waals surface area contributed by atoms with Gasteiger partial charge in [0.05, 0.1) is 11.2 Å². The number of rotatable bonds is 5. The van der Waals surface area contributed by atoms with Crippen molar-refractivity contribution in [2.75, 3.05) is 0 Å². The third-order valence-electron chi connectivity index (χ3n) is 7.09. The zero-order valence-electron chi connectivity index (χ0n) is 20.5. The highest BCUT2D eigenvalue weighted by atomic mass is 16.2. The third kappa shape index (κ3) is 3.74. The molecule has 0 spiro atoms. The zero-order valence-corrected chi connectivity index (χ0v) is 20.5. The van der Waals surface area contributed by atoms with Crippen LogP contribution in [-0.4, -0.2) is 30.9 Å². The topological polar surface area (TPSA) is 76.5 Å². The lowest BCUT2D eigenvalue weighted by Crippen LogP contribution is -2.25. The summed E-state index contributed by atoms with van der Waals surface area (Å²) in [5.41, 5.74) is 9.17. The molecule has 0 fully saturated rings. The number of fused-ring (bicyclic) bond motifs is 2. The van der Waals surface area contributed by atoms with E-state index in [1.54, 1.807) is 17.1 Å². The number of hydrogen-bond acceptors (Lipinski definition) is 4. The Labute approximate surface area is 219 Å². The van der Waals surface area contributed by atoms with E-state index in [0.29, 0.717) is 18.4 Å². The van der Waals surface area contributed by atoms with Crippen LogP contribution in [0.3, 0.4) is 0 Å². The molecule has 0 saturated carbocycles. The lowest BCUT2D eigenvalue weighted by atomic mass is 9.87. The second-order valence-corrected chi connectivity index (χ2v) is 9.44. The van der Waals surface area contributed by atoms with Crippen molar-refractivity contribution in [3.8, 4) is 22.4 Å². The fourth-order valence-electron chi connectivity index (χ4n) is 5.36. The molecule has 0 bridgehead atoms. The number of hydrogen-bond donors (Lipinski definition) is 1. The Morgan fingerprint density at radius 3 is 2.34 bits per heavy atom. The molecule has 3 aromatic carbocycles. The molecule has 1 aliphatic rings. The Morgan fingerprint density at radius 1 is 0.789 bits per heavy atom. The first kappa shape index (κ1) is 22.1. The number of carbonyl (C=O) groups is 1. The summed E-state index contributed by atoms with van der Waals surface area (Å²) < 4.78 is 1.61. The highest BCUT2D eigenvalue weighted by molar-refractivity contribution is 6.23. The SMILES string of the molecule is O=C1C(c2ccc3ncccc3c2)=C(Cc2ccn[nH]2)Cc2c(-c3ccccc3)c(-c3ccccc3)nn21. The van der Waals surface area contributed by atoms with Gasteiger partial charge in [-0.05, 0) is 41.0 Å². The smallest absolute Gasteiger partial charge is 0.279 e. The van der Waals surface area contributed by atoms with Crippen molar-refractivity contribution in [1.82, 2.24) is 25.0 Å². The van der Waals surface area contributed by atoms with Gasteiger partial charge in [0.15, 0.2) is 0 Å². The normalized spacial score (nSPS) is 13.2. The Morgan fingerprint density at radius 2 is 1.58 bits per heavy atom. The number of pyridine rings is 1. The molecular weight excluding hydrogens is 470 g/mol. The molecule has 7 rings (SSSR count). The van der Waals surface area contributed by atoms with Crippen molar-refractivity contribution in [3.05, 3.63) is 132 Å². The lowest BCUT2D eigenvalue weighted by Gasteiger charge is -2.22. The van der Waals surface area contributed by atoms with Crippen LogP contribution in [0, 0.1) is 0 Å². The minimum atomic E-state index is -0.122. The average Bonchev–Trinajstić information content (AvgIpc) is 3.62. The van der Waals surface area contributed by atoms with E-state index in [1.807, 2.05) is 84.9 Å². The summed E-state index contributed by atoms with van der Waals surface area (Å²) in [6.45, 7) is 0. The fourth-order valence-corrected chi connectivity index (χ4v) is 5.36. The van der Waals surface area contributed by atoms with Gasteiger partial charge in [0.25, 0.3) is 5.91 Å². The van der Waals surface area contributed by atoms with Crippen molar-refractivity contribution in [2.24, 2.45) is 0 Å². The van der Waals surface area contributed by atoms with E-state index in [4.69, 9.17) is 5.10 Å². The highest BCUT2D eigenvalue weighted by Crippen LogP contribution is 2.40. The van der Waals surface area contributed by atoms with Crippen molar-refractivity contribution >= 4 is 22.4 Å². The number of nitrogens with zero attached hydrogens (tertiary/aromatic N) is 4. The summed E-state index contributed by atoms with van der Waals surface area (Å²) in [4.78, 5) is 18.8. The molecule has 6 aromatic rings. The first-order valence-electron chi connectivity index (χ1n) is 12.6. The summed E-state index contributed by atoms with van der Waals surface area (Å²) in [6, 6.07) is 32.2. The Balaban J connectivity index is 1.45. The van der Waals surface area contributed by atoms with E-state index in [1.165, 1.54) is 0 Å². The lowest BCUT2D eigenvalue weighted by molar-refractivity contribution is 0.0958. The number of aromatic amines is 1. The molecule has 38 heavy (non-hydrogen) atoms. The maximum absolute atomic E-state index is 14.3.